The molecule has 0 fully saturated rings. The summed E-state index contributed by atoms with van der Waals surface area (Å²) >= 11 is 1.56. The molecular formula is C11H16N4O2S2. The van der Waals surface area contributed by atoms with E-state index in [1.165, 1.54) is 6.20 Å². The van der Waals surface area contributed by atoms with Gasteiger partial charge in [0.1, 0.15) is 5.82 Å². The summed E-state index contributed by atoms with van der Waals surface area (Å²) in [5, 5.41) is 3.03. The second-order valence-corrected chi connectivity index (χ2v) is 6.85. The van der Waals surface area contributed by atoms with Crippen molar-refractivity contribution in [2.45, 2.75) is 31.7 Å². The van der Waals surface area contributed by atoms with Crippen LogP contribution in [0.1, 0.15) is 23.4 Å². The molecule has 2 aromatic rings. The van der Waals surface area contributed by atoms with E-state index in [9.17, 15) is 8.42 Å². The van der Waals surface area contributed by atoms with Crippen molar-refractivity contribution in [3.8, 4) is 0 Å². The van der Waals surface area contributed by atoms with Gasteiger partial charge >= 0.3 is 0 Å². The molecule has 6 nitrogen and oxygen atoms in total. The van der Waals surface area contributed by atoms with Gasteiger partial charge in [0.05, 0.1) is 16.9 Å². The number of sulfonamides is 1. The van der Waals surface area contributed by atoms with Crippen LogP contribution in [-0.2, 0) is 22.9 Å². The van der Waals surface area contributed by atoms with Crippen LogP contribution < -0.4 is 4.72 Å². The summed E-state index contributed by atoms with van der Waals surface area (Å²) in [6.45, 7) is 4.16. The van der Waals surface area contributed by atoms with Crippen LogP contribution in [0.5, 0.6) is 0 Å². The van der Waals surface area contributed by atoms with E-state index >= 15 is 0 Å². The van der Waals surface area contributed by atoms with E-state index in [4.69, 9.17) is 0 Å². The topological polar surface area (TPSA) is 87.7 Å². The first kappa shape index (κ1) is 14.2. The number of nitrogens with one attached hydrogen (secondary N) is 2. The molecule has 104 valence electrons. The fraction of sp³-hybridized carbons (Fsp3) is 0.455. The van der Waals surface area contributed by atoms with Crippen LogP contribution in [0.3, 0.4) is 0 Å². The highest BCUT2D eigenvalue weighted by atomic mass is 32.2. The van der Waals surface area contributed by atoms with Gasteiger partial charge in [0.15, 0.2) is 5.03 Å². The number of rotatable bonds is 6. The van der Waals surface area contributed by atoms with Crippen LogP contribution in [0.15, 0.2) is 16.6 Å². The molecule has 2 rings (SSSR count). The van der Waals surface area contributed by atoms with Gasteiger partial charge < -0.3 is 4.98 Å². The number of hydrogen-bond acceptors (Lipinski definition) is 5. The first-order valence-corrected chi connectivity index (χ1v) is 8.32. The summed E-state index contributed by atoms with van der Waals surface area (Å²) in [6, 6.07) is 0. The molecule has 19 heavy (non-hydrogen) atoms. The molecular weight excluding hydrogens is 284 g/mol. The number of aryl methyl sites for hydroxylation is 2. The molecule has 0 aliphatic rings. The fourth-order valence-electron chi connectivity index (χ4n) is 1.57. The molecule has 2 heterocycles. The normalized spacial score (nSPS) is 11.9. The maximum atomic E-state index is 12.0. The minimum atomic E-state index is -3.51. The third-order valence-corrected chi connectivity index (χ3v) is 4.76. The zero-order valence-electron chi connectivity index (χ0n) is 10.8. The zero-order chi connectivity index (χ0) is 13.9. The quantitative estimate of drug-likeness (QED) is 0.840. The second kappa shape index (κ2) is 5.81. The Morgan fingerprint density at radius 1 is 1.47 bits per heavy atom. The van der Waals surface area contributed by atoms with Crippen molar-refractivity contribution >= 4 is 21.4 Å². The highest BCUT2D eigenvalue weighted by molar-refractivity contribution is 7.89. The predicted octanol–water partition coefficient (Wildman–Crippen LogP) is 1.26. The summed E-state index contributed by atoms with van der Waals surface area (Å²) in [4.78, 5) is 11.0. The molecule has 8 heteroatoms. The maximum Gasteiger partial charge on any atom is 0.257 e. The van der Waals surface area contributed by atoms with E-state index < -0.39 is 10.0 Å². The minimum Gasteiger partial charge on any atom is -0.332 e. The van der Waals surface area contributed by atoms with Crippen molar-refractivity contribution < 1.29 is 8.42 Å². The summed E-state index contributed by atoms with van der Waals surface area (Å²) in [6.07, 6.45) is 2.60. The predicted molar refractivity (Wildman–Crippen MR) is 73.7 cm³/mol. The lowest BCUT2D eigenvalue weighted by Crippen LogP contribution is -2.26. The molecule has 0 aliphatic heterocycles. The average molecular weight is 300 g/mol. The number of imidazole rings is 1. The van der Waals surface area contributed by atoms with Gasteiger partial charge in [-0.25, -0.2) is 23.1 Å². The van der Waals surface area contributed by atoms with Gasteiger partial charge in [-0.3, -0.25) is 0 Å². The monoisotopic (exact) mass is 300 g/mol. The third kappa shape index (κ3) is 3.62. The standard InChI is InChI=1S/C11H16N4O2S2/c1-3-10-12-6-11(15-10)19(16,17)13-5-4-9-7-18-8(2)14-9/h6-7,13H,3-5H2,1-2H3,(H,12,15). The molecule has 0 bridgehead atoms. The van der Waals surface area contributed by atoms with Gasteiger partial charge in [-0.2, -0.15) is 0 Å². The van der Waals surface area contributed by atoms with Gasteiger partial charge in [0.25, 0.3) is 10.0 Å². The number of nitrogens with zero attached hydrogens (tertiary/aromatic N) is 2. The Labute approximate surface area is 116 Å². The smallest absolute Gasteiger partial charge is 0.257 e. The van der Waals surface area contributed by atoms with E-state index in [1.54, 1.807) is 11.3 Å². The lowest BCUT2D eigenvalue weighted by atomic mass is 10.3. The third-order valence-electron chi connectivity index (χ3n) is 2.57. The van der Waals surface area contributed by atoms with Gasteiger partial charge in [-0.15, -0.1) is 11.3 Å². The lowest BCUT2D eigenvalue weighted by Gasteiger charge is -2.03. The molecule has 0 spiro atoms. The molecule has 2 aromatic heterocycles. The molecule has 2 N–H and O–H groups in total. The Bertz CT molecular complexity index is 645. The van der Waals surface area contributed by atoms with Crippen molar-refractivity contribution in [2.24, 2.45) is 0 Å². The molecule has 0 unspecified atom stereocenters. The van der Waals surface area contributed by atoms with E-state index in [1.807, 2.05) is 19.2 Å². The molecule has 0 radical (unpaired) electrons. The summed E-state index contributed by atoms with van der Waals surface area (Å²) < 4.78 is 26.4. The van der Waals surface area contributed by atoms with E-state index in [2.05, 4.69) is 19.7 Å². The Morgan fingerprint density at radius 2 is 2.26 bits per heavy atom. The van der Waals surface area contributed by atoms with Crippen molar-refractivity contribution in [3.63, 3.8) is 0 Å². The average Bonchev–Trinajstić information content (AvgIpc) is 2.98. The van der Waals surface area contributed by atoms with Crippen LogP contribution in [0.4, 0.5) is 0 Å². The fourth-order valence-corrected chi connectivity index (χ4v) is 3.19. The van der Waals surface area contributed by atoms with E-state index in [-0.39, 0.29) is 5.03 Å². The van der Waals surface area contributed by atoms with Crippen molar-refractivity contribution in [1.82, 2.24) is 19.7 Å². The van der Waals surface area contributed by atoms with Crippen LogP contribution in [0.2, 0.25) is 0 Å². The van der Waals surface area contributed by atoms with Crippen LogP contribution >= 0.6 is 11.3 Å². The Hall–Kier alpha value is -1.25. The molecule has 0 aliphatic carbocycles. The molecule has 0 saturated carbocycles. The molecule has 0 atom stereocenters. The number of thiazole rings is 1. The number of aromatic nitrogens is 3. The van der Waals surface area contributed by atoms with Crippen molar-refractivity contribution in [1.29, 1.82) is 0 Å². The summed E-state index contributed by atoms with van der Waals surface area (Å²) in [5.41, 5.74) is 0.907. The Balaban J connectivity index is 1.94. The van der Waals surface area contributed by atoms with Gasteiger partial charge in [-0.05, 0) is 6.92 Å². The van der Waals surface area contributed by atoms with Crippen molar-refractivity contribution in [3.05, 3.63) is 28.1 Å². The molecule has 0 amide bonds. The van der Waals surface area contributed by atoms with Crippen LogP contribution in [-0.4, -0.2) is 29.9 Å². The van der Waals surface area contributed by atoms with Crippen molar-refractivity contribution in [2.75, 3.05) is 6.54 Å². The second-order valence-electron chi connectivity index (χ2n) is 4.05. The SMILES string of the molecule is CCc1ncc(S(=O)(=O)NCCc2csc(C)n2)[nH]1. The molecule has 0 aromatic carbocycles. The highest BCUT2D eigenvalue weighted by Crippen LogP contribution is 2.09. The number of hydrogen-bond donors (Lipinski definition) is 2. The Kier molecular flexibility index (Phi) is 4.33. The lowest BCUT2D eigenvalue weighted by molar-refractivity contribution is 0.578. The van der Waals surface area contributed by atoms with Gasteiger partial charge in [0.2, 0.25) is 0 Å². The minimum absolute atomic E-state index is 0.110. The van der Waals surface area contributed by atoms with Crippen LogP contribution in [0.25, 0.3) is 0 Å². The zero-order valence-corrected chi connectivity index (χ0v) is 12.4. The van der Waals surface area contributed by atoms with Gasteiger partial charge in [0, 0.05) is 24.8 Å². The van der Waals surface area contributed by atoms with Crippen LogP contribution in [0, 0.1) is 6.92 Å². The summed E-state index contributed by atoms with van der Waals surface area (Å²) in [7, 11) is -3.51. The van der Waals surface area contributed by atoms with E-state index in [0.717, 1.165) is 10.7 Å². The largest absolute Gasteiger partial charge is 0.332 e. The maximum absolute atomic E-state index is 12.0. The Morgan fingerprint density at radius 3 is 2.84 bits per heavy atom. The molecule has 0 saturated heterocycles. The van der Waals surface area contributed by atoms with E-state index in [0.29, 0.717) is 25.2 Å². The number of H-pyrrole nitrogens is 1. The highest BCUT2D eigenvalue weighted by Gasteiger charge is 2.16. The number of aromatic amines is 1. The van der Waals surface area contributed by atoms with Gasteiger partial charge in [-0.1, -0.05) is 6.92 Å². The summed E-state index contributed by atoms with van der Waals surface area (Å²) in [5.74, 6) is 0.663. The first-order valence-electron chi connectivity index (χ1n) is 5.96. The first-order chi connectivity index (χ1) is 9.01.